The van der Waals surface area contributed by atoms with Crippen LogP contribution in [0.2, 0.25) is 0 Å². The molecule has 4 nitrogen and oxygen atoms in total. The minimum atomic E-state index is -5.12. The first kappa shape index (κ1) is 9.91. The Kier molecular flexibility index (Phi) is 4.73. The van der Waals surface area contributed by atoms with Gasteiger partial charge in [-0.05, 0) is 0 Å². The summed E-state index contributed by atoms with van der Waals surface area (Å²) < 4.78 is 30.7. The van der Waals surface area contributed by atoms with Crippen molar-refractivity contribution >= 4 is 14.5 Å². The molecule has 0 aliphatic carbocycles. The van der Waals surface area contributed by atoms with Gasteiger partial charge < -0.3 is 0 Å². The zero-order chi connectivity index (χ0) is 4.50. The van der Waals surface area contributed by atoms with E-state index in [1.807, 2.05) is 0 Å². The molecule has 0 heterocycles. The molecular formula is H3AsCrO4. The normalized spacial score (nSPS) is 9.83. The van der Waals surface area contributed by atoms with Crippen LogP contribution in [0.25, 0.3) is 0 Å². The summed E-state index contributed by atoms with van der Waals surface area (Å²) in [6, 6.07) is 0. The van der Waals surface area contributed by atoms with Crippen LogP contribution in [0.4, 0.5) is 0 Å². The average molecular weight is 194 g/mol. The van der Waals surface area contributed by atoms with Crippen molar-refractivity contribution in [2.24, 2.45) is 0 Å². The molecule has 0 aliphatic rings. The summed E-state index contributed by atoms with van der Waals surface area (Å²) in [6.07, 6.45) is 0. The van der Waals surface area contributed by atoms with E-state index in [1.54, 1.807) is 0 Å². The summed E-state index contributed by atoms with van der Waals surface area (Å²) in [4.78, 5) is 0. The third-order valence-electron chi connectivity index (χ3n) is 0. The van der Waals surface area contributed by atoms with Gasteiger partial charge >= 0.3 is 30.5 Å². The Morgan fingerprint density at radius 2 is 1.17 bits per heavy atom. The van der Waals surface area contributed by atoms with Crippen molar-refractivity contribution in [3.8, 4) is 0 Å². The molecule has 0 unspecified atom stereocenters. The number of hydrogen-bond acceptors (Lipinski definition) is 1. The second-order valence-electron chi connectivity index (χ2n) is 0.513. The van der Waals surface area contributed by atoms with Crippen LogP contribution in [0.15, 0.2) is 0 Å². The first-order chi connectivity index (χ1) is 2.00. The van der Waals surface area contributed by atoms with Crippen LogP contribution in [0.1, 0.15) is 0 Å². The Labute approximate surface area is 48.3 Å². The van der Waals surface area contributed by atoms with Gasteiger partial charge in [0, 0.05) is 17.4 Å². The molecule has 0 aliphatic heterocycles. The molecular weight excluding hydrogens is 191 g/mol. The molecule has 3 N–H and O–H groups in total. The molecule has 0 aromatic heterocycles. The molecule has 0 aromatic rings. The third-order valence-corrected chi connectivity index (χ3v) is 0. The van der Waals surface area contributed by atoms with Crippen molar-refractivity contribution in [3.05, 3.63) is 0 Å². The Morgan fingerprint density at radius 3 is 1.17 bits per heavy atom. The Bertz CT molecular complexity index is 53.7. The van der Waals surface area contributed by atoms with E-state index in [-0.39, 0.29) is 17.4 Å². The van der Waals surface area contributed by atoms with Crippen LogP contribution >= 0.6 is 0 Å². The summed E-state index contributed by atoms with van der Waals surface area (Å²) >= 11 is -5.12. The quantitative estimate of drug-likeness (QED) is 0.383. The van der Waals surface area contributed by atoms with Crippen LogP contribution in [-0.2, 0) is 21.1 Å². The van der Waals surface area contributed by atoms with E-state index in [9.17, 15) is 0 Å². The molecule has 0 saturated carbocycles. The van der Waals surface area contributed by atoms with Gasteiger partial charge in [0.1, 0.15) is 0 Å². The van der Waals surface area contributed by atoms with Gasteiger partial charge in [-0.3, -0.25) is 0 Å². The van der Waals surface area contributed by atoms with E-state index >= 15 is 0 Å². The topological polar surface area (TPSA) is 77.8 Å². The maximum Gasteiger partial charge on any atom is 0 e. The van der Waals surface area contributed by atoms with Crippen molar-refractivity contribution in [1.29, 1.82) is 0 Å². The van der Waals surface area contributed by atoms with Gasteiger partial charge in [-0.1, -0.05) is 0 Å². The zero-order valence-corrected chi connectivity index (χ0v) is 5.76. The minimum absolute atomic E-state index is 0. The van der Waals surface area contributed by atoms with Crippen LogP contribution in [0.5, 0.6) is 0 Å². The van der Waals surface area contributed by atoms with Crippen molar-refractivity contribution in [1.82, 2.24) is 0 Å². The first-order valence-electron chi connectivity index (χ1n) is 0.783. The van der Waals surface area contributed by atoms with Crippen LogP contribution in [0.3, 0.4) is 0 Å². The molecule has 0 rings (SSSR count). The third kappa shape index (κ3) is 114. The summed E-state index contributed by atoms with van der Waals surface area (Å²) in [5.41, 5.74) is 0. The van der Waals surface area contributed by atoms with Crippen LogP contribution in [0, 0.1) is 0 Å². The summed E-state index contributed by atoms with van der Waals surface area (Å²) in [5, 5.41) is 0. The monoisotopic (exact) mass is 194 g/mol. The summed E-state index contributed by atoms with van der Waals surface area (Å²) in [5.74, 6) is 0. The Morgan fingerprint density at radius 1 is 1.17 bits per heavy atom. The van der Waals surface area contributed by atoms with E-state index in [1.165, 1.54) is 0 Å². The number of hydrogen-bond donors (Lipinski definition) is 3. The first-order valence-corrected chi connectivity index (χ1v) is 4.07. The smallest absolute Gasteiger partial charge is 0 e. The summed E-state index contributed by atoms with van der Waals surface area (Å²) in [6.45, 7) is 0. The molecule has 0 atom stereocenters. The van der Waals surface area contributed by atoms with E-state index in [4.69, 9.17) is 16.0 Å². The Balaban J connectivity index is 0. The average Bonchev–Trinajstić information content (AvgIpc) is 0.722. The second kappa shape index (κ2) is 2.87. The predicted molar refractivity (Wildman–Crippen MR) is 13.1 cm³/mol. The van der Waals surface area contributed by atoms with E-state index in [0.29, 0.717) is 0 Å². The maximum absolute atomic E-state index is 8.94. The summed E-state index contributed by atoms with van der Waals surface area (Å²) in [7, 11) is 0. The van der Waals surface area contributed by atoms with Gasteiger partial charge in [-0.25, -0.2) is 0 Å². The van der Waals surface area contributed by atoms with Crippen molar-refractivity contribution in [2.75, 3.05) is 0 Å². The zero-order valence-electron chi connectivity index (χ0n) is 2.61. The molecule has 6 heavy (non-hydrogen) atoms. The molecule has 0 fully saturated rings. The van der Waals surface area contributed by atoms with Gasteiger partial charge in [0.05, 0.1) is 0 Å². The molecule has 0 aromatic carbocycles. The largest absolute Gasteiger partial charge is 0 e. The molecule has 0 spiro atoms. The molecule has 0 radical (unpaired) electrons. The van der Waals surface area contributed by atoms with Crippen molar-refractivity contribution in [3.63, 3.8) is 0 Å². The fourth-order valence-corrected chi connectivity index (χ4v) is 0. The SMILES string of the molecule is O=[As](O)(O)O.[Cr]. The second-order valence-corrected chi connectivity index (χ2v) is 2.67. The Hall–Kier alpha value is 0.771. The van der Waals surface area contributed by atoms with Gasteiger partial charge in [-0.15, -0.1) is 0 Å². The van der Waals surface area contributed by atoms with E-state index < -0.39 is 14.5 Å². The van der Waals surface area contributed by atoms with Gasteiger partial charge in [0.2, 0.25) is 0 Å². The van der Waals surface area contributed by atoms with E-state index in [0.717, 1.165) is 0 Å². The predicted octanol–water partition coefficient (Wildman–Crippen LogP) is -2.17. The van der Waals surface area contributed by atoms with E-state index in [2.05, 4.69) is 0 Å². The fraction of sp³-hybridized carbons (Fsp3) is 0. The van der Waals surface area contributed by atoms with Gasteiger partial charge in [0.25, 0.3) is 0 Å². The fourth-order valence-electron chi connectivity index (χ4n) is 0. The van der Waals surface area contributed by atoms with Crippen LogP contribution < -0.4 is 0 Å². The van der Waals surface area contributed by atoms with Crippen molar-refractivity contribution < 1.29 is 33.4 Å². The molecule has 0 bridgehead atoms. The minimum Gasteiger partial charge on any atom is 0 e. The van der Waals surface area contributed by atoms with Gasteiger partial charge in [0.15, 0.2) is 0 Å². The van der Waals surface area contributed by atoms with Gasteiger partial charge in [-0.2, -0.15) is 0 Å². The molecule has 0 amide bonds. The van der Waals surface area contributed by atoms with Crippen LogP contribution in [-0.4, -0.2) is 26.8 Å². The maximum atomic E-state index is 8.94. The number of rotatable bonds is 0. The molecule has 38 valence electrons. The standard InChI is InChI=1S/AsH3O4.Cr/c2-1(3,4)5;/h(H3,2,3,4,5);. The molecule has 0 saturated heterocycles. The van der Waals surface area contributed by atoms with Crippen molar-refractivity contribution in [2.45, 2.75) is 0 Å². The molecule has 6 heteroatoms.